The Balaban J connectivity index is 1.89. The van der Waals surface area contributed by atoms with Gasteiger partial charge >= 0.3 is 0 Å². The summed E-state index contributed by atoms with van der Waals surface area (Å²) in [7, 11) is 1.84. The van der Waals surface area contributed by atoms with Crippen LogP contribution < -0.4 is 5.32 Å². The summed E-state index contributed by atoms with van der Waals surface area (Å²) in [6.07, 6.45) is 3.51. The van der Waals surface area contributed by atoms with Crippen LogP contribution in [0.15, 0.2) is 54.9 Å². The number of pyridine rings is 1. The Hall–Kier alpha value is -2.62. The standard InChI is InChI=1S/C15H13N3O/c1-18-8-4-7-14(18)15(19)17-12-9-11-5-2-3-6-13(11)16-10-12/h2-10H,1H3,(H,17,19). The molecule has 0 radical (unpaired) electrons. The van der Waals surface area contributed by atoms with Gasteiger partial charge in [0.2, 0.25) is 0 Å². The van der Waals surface area contributed by atoms with Crippen LogP contribution in [0.25, 0.3) is 10.9 Å². The molecule has 2 heterocycles. The number of hydrogen-bond acceptors (Lipinski definition) is 2. The van der Waals surface area contributed by atoms with Crippen LogP contribution in [0.4, 0.5) is 5.69 Å². The van der Waals surface area contributed by atoms with Crippen molar-refractivity contribution in [2.24, 2.45) is 7.05 Å². The van der Waals surface area contributed by atoms with Gasteiger partial charge in [0.05, 0.1) is 17.4 Å². The van der Waals surface area contributed by atoms with Gasteiger partial charge in [-0.3, -0.25) is 9.78 Å². The van der Waals surface area contributed by atoms with Gasteiger partial charge in [-0.15, -0.1) is 0 Å². The maximum Gasteiger partial charge on any atom is 0.272 e. The van der Waals surface area contributed by atoms with Crippen LogP contribution in [0.5, 0.6) is 0 Å². The van der Waals surface area contributed by atoms with Crippen molar-refractivity contribution in [2.45, 2.75) is 0 Å². The number of para-hydroxylation sites is 1. The highest BCUT2D eigenvalue weighted by atomic mass is 16.1. The SMILES string of the molecule is Cn1cccc1C(=O)Nc1cnc2ccccc2c1. The first-order valence-corrected chi connectivity index (χ1v) is 6.01. The minimum atomic E-state index is -0.135. The van der Waals surface area contributed by atoms with Gasteiger partial charge in [-0.05, 0) is 24.3 Å². The highest BCUT2D eigenvalue weighted by molar-refractivity contribution is 6.03. The molecule has 0 saturated heterocycles. The number of anilines is 1. The molecule has 1 aromatic carbocycles. The van der Waals surface area contributed by atoms with Crippen LogP contribution >= 0.6 is 0 Å². The van der Waals surface area contributed by atoms with Gasteiger partial charge in [0.15, 0.2) is 0 Å². The maximum absolute atomic E-state index is 12.1. The minimum Gasteiger partial charge on any atom is -0.347 e. The average Bonchev–Trinajstić information content (AvgIpc) is 2.85. The fraction of sp³-hybridized carbons (Fsp3) is 0.0667. The molecule has 0 aliphatic carbocycles. The molecular formula is C15H13N3O. The summed E-state index contributed by atoms with van der Waals surface area (Å²) in [5, 5.41) is 3.86. The smallest absolute Gasteiger partial charge is 0.272 e. The van der Waals surface area contributed by atoms with E-state index < -0.39 is 0 Å². The molecule has 0 unspecified atom stereocenters. The largest absolute Gasteiger partial charge is 0.347 e. The molecule has 0 fully saturated rings. The number of benzene rings is 1. The average molecular weight is 251 g/mol. The predicted octanol–water partition coefficient (Wildman–Crippen LogP) is 2.83. The third kappa shape index (κ3) is 2.20. The van der Waals surface area contributed by atoms with Gasteiger partial charge in [-0.1, -0.05) is 18.2 Å². The summed E-state index contributed by atoms with van der Waals surface area (Å²) in [5.41, 5.74) is 2.23. The lowest BCUT2D eigenvalue weighted by molar-refractivity contribution is 0.101. The summed E-state index contributed by atoms with van der Waals surface area (Å²) in [5.74, 6) is -0.135. The number of amides is 1. The molecule has 1 N–H and O–H groups in total. The lowest BCUT2D eigenvalue weighted by atomic mass is 10.2. The van der Waals surface area contributed by atoms with E-state index in [1.54, 1.807) is 16.8 Å². The first-order valence-electron chi connectivity index (χ1n) is 6.01. The molecule has 3 aromatic rings. The molecule has 0 aliphatic rings. The van der Waals surface area contributed by atoms with Crippen LogP contribution in [0.3, 0.4) is 0 Å². The van der Waals surface area contributed by atoms with E-state index in [0.717, 1.165) is 10.9 Å². The molecule has 0 atom stereocenters. The summed E-state index contributed by atoms with van der Waals surface area (Å²) >= 11 is 0. The van der Waals surface area contributed by atoms with E-state index in [2.05, 4.69) is 10.3 Å². The lowest BCUT2D eigenvalue weighted by Crippen LogP contribution is -2.15. The van der Waals surface area contributed by atoms with Crippen molar-refractivity contribution in [1.82, 2.24) is 9.55 Å². The van der Waals surface area contributed by atoms with E-state index in [1.807, 2.05) is 49.6 Å². The Bertz CT molecular complexity index is 746. The second-order valence-electron chi connectivity index (χ2n) is 4.38. The molecule has 0 aliphatic heterocycles. The molecule has 4 nitrogen and oxygen atoms in total. The number of nitrogens with zero attached hydrogens (tertiary/aromatic N) is 2. The molecule has 1 amide bonds. The molecule has 2 aromatic heterocycles. The van der Waals surface area contributed by atoms with E-state index in [1.165, 1.54) is 0 Å². The normalized spacial score (nSPS) is 10.6. The van der Waals surface area contributed by atoms with Gasteiger partial charge in [0, 0.05) is 18.6 Å². The van der Waals surface area contributed by atoms with Crippen molar-refractivity contribution < 1.29 is 4.79 Å². The second-order valence-corrected chi connectivity index (χ2v) is 4.38. The molecule has 94 valence electrons. The Morgan fingerprint density at radius 1 is 1.21 bits per heavy atom. The van der Waals surface area contributed by atoms with Gasteiger partial charge in [0.25, 0.3) is 5.91 Å². The van der Waals surface area contributed by atoms with Crippen LogP contribution in [-0.4, -0.2) is 15.5 Å². The Labute approximate surface area is 110 Å². The van der Waals surface area contributed by atoms with Crippen molar-refractivity contribution in [3.05, 3.63) is 60.6 Å². The quantitative estimate of drug-likeness (QED) is 0.761. The van der Waals surface area contributed by atoms with Crippen LogP contribution in [0.1, 0.15) is 10.5 Å². The predicted molar refractivity (Wildman–Crippen MR) is 75.1 cm³/mol. The minimum absolute atomic E-state index is 0.135. The number of aryl methyl sites for hydroxylation is 1. The summed E-state index contributed by atoms with van der Waals surface area (Å²) < 4.78 is 1.78. The number of nitrogens with one attached hydrogen (secondary N) is 1. The monoisotopic (exact) mass is 251 g/mol. The Morgan fingerprint density at radius 2 is 2.05 bits per heavy atom. The van der Waals surface area contributed by atoms with E-state index in [0.29, 0.717) is 11.4 Å². The summed E-state index contributed by atoms with van der Waals surface area (Å²) in [4.78, 5) is 16.4. The van der Waals surface area contributed by atoms with Crippen molar-refractivity contribution in [1.29, 1.82) is 0 Å². The number of fused-ring (bicyclic) bond motifs is 1. The van der Waals surface area contributed by atoms with Crippen molar-refractivity contribution in [3.8, 4) is 0 Å². The number of aromatic nitrogens is 2. The fourth-order valence-electron chi connectivity index (χ4n) is 2.03. The molecule has 0 saturated carbocycles. The van der Waals surface area contributed by atoms with Crippen LogP contribution in [0.2, 0.25) is 0 Å². The Morgan fingerprint density at radius 3 is 2.84 bits per heavy atom. The van der Waals surface area contributed by atoms with Crippen LogP contribution in [0, 0.1) is 0 Å². The first-order chi connectivity index (χ1) is 9.24. The first kappa shape index (κ1) is 11.5. The Kier molecular flexibility index (Phi) is 2.76. The van der Waals surface area contributed by atoms with Crippen molar-refractivity contribution >= 4 is 22.5 Å². The van der Waals surface area contributed by atoms with Gasteiger partial charge in [-0.2, -0.15) is 0 Å². The van der Waals surface area contributed by atoms with E-state index in [-0.39, 0.29) is 5.91 Å². The van der Waals surface area contributed by atoms with Gasteiger partial charge in [-0.25, -0.2) is 0 Å². The number of rotatable bonds is 2. The third-order valence-corrected chi connectivity index (χ3v) is 3.02. The number of hydrogen-bond donors (Lipinski definition) is 1. The van der Waals surface area contributed by atoms with Gasteiger partial charge < -0.3 is 9.88 Å². The maximum atomic E-state index is 12.1. The van der Waals surface area contributed by atoms with Crippen LogP contribution in [-0.2, 0) is 7.05 Å². The van der Waals surface area contributed by atoms with Crippen molar-refractivity contribution in [2.75, 3.05) is 5.32 Å². The lowest BCUT2D eigenvalue weighted by Gasteiger charge is -2.06. The van der Waals surface area contributed by atoms with E-state index >= 15 is 0 Å². The summed E-state index contributed by atoms with van der Waals surface area (Å²) in [6.45, 7) is 0. The summed E-state index contributed by atoms with van der Waals surface area (Å²) in [6, 6.07) is 13.4. The molecule has 0 bridgehead atoms. The molecule has 4 heteroatoms. The van der Waals surface area contributed by atoms with E-state index in [4.69, 9.17) is 0 Å². The second kappa shape index (κ2) is 4.57. The van der Waals surface area contributed by atoms with Crippen molar-refractivity contribution in [3.63, 3.8) is 0 Å². The molecular weight excluding hydrogens is 238 g/mol. The molecule has 0 spiro atoms. The molecule has 3 rings (SSSR count). The zero-order valence-electron chi connectivity index (χ0n) is 10.5. The fourth-order valence-corrected chi connectivity index (χ4v) is 2.03. The topological polar surface area (TPSA) is 46.9 Å². The third-order valence-electron chi connectivity index (χ3n) is 3.02. The zero-order valence-corrected chi connectivity index (χ0v) is 10.5. The molecule has 19 heavy (non-hydrogen) atoms. The van der Waals surface area contributed by atoms with Gasteiger partial charge in [0.1, 0.15) is 5.69 Å². The highest BCUT2D eigenvalue weighted by Crippen LogP contribution is 2.16. The number of carbonyl (C=O) groups excluding carboxylic acids is 1. The highest BCUT2D eigenvalue weighted by Gasteiger charge is 2.09. The van der Waals surface area contributed by atoms with E-state index in [9.17, 15) is 4.79 Å². The zero-order chi connectivity index (χ0) is 13.2. The number of carbonyl (C=O) groups is 1.